The average molecular weight is 540 g/mol. The van der Waals surface area contributed by atoms with E-state index in [2.05, 4.69) is 6.92 Å². The highest BCUT2D eigenvalue weighted by molar-refractivity contribution is 8.00. The molecule has 0 aromatic carbocycles. The first-order chi connectivity index (χ1) is 16.8. The quantitative estimate of drug-likeness (QED) is 0.0651. The minimum Gasteiger partial charge on any atom is -0.332 e. The topological polar surface area (TPSA) is 9.23 Å². The summed E-state index contributed by atoms with van der Waals surface area (Å²) in [4.78, 5) is 0. The fourth-order valence-electron chi connectivity index (χ4n) is 4.91. The van der Waals surface area contributed by atoms with E-state index in [9.17, 15) is 0 Å². The Morgan fingerprint density at radius 2 is 0.559 bits per heavy atom. The molecule has 0 radical (unpaired) electrons. The van der Waals surface area contributed by atoms with Crippen molar-refractivity contribution in [2.45, 2.75) is 187 Å². The summed E-state index contributed by atoms with van der Waals surface area (Å²) >= 11 is 11.2. The summed E-state index contributed by atoms with van der Waals surface area (Å²) in [6.45, 7) is 1.82. The number of hydrogen-bond acceptors (Lipinski definition) is 1. The highest BCUT2D eigenvalue weighted by Gasteiger charge is 1.99. The van der Waals surface area contributed by atoms with Gasteiger partial charge in [-0.1, -0.05) is 180 Å². The molecule has 206 valence electrons. The molecule has 0 rings (SSSR count). The second-order valence-electron chi connectivity index (χ2n) is 10.6. The Balaban J connectivity index is 3.00. The normalized spacial score (nSPS) is 11.6. The van der Waals surface area contributed by atoms with Crippen LogP contribution in [-0.4, -0.2) is 6.61 Å². The van der Waals surface area contributed by atoms with Crippen molar-refractivity contribution < 1.29 is 4.52 Å². The summed E-state index contributed by atoms with van der Waals surface area (Å²) in [5.74, 6) is 0. The molecule has 0 atom stereocenters. The van der Waals surface area contributed by atoms with Crippen LogP contribution in [-0.2, 0) is 4.52 Å². The molecule has 0 aliphatic carbocycles. The van der Waals surface area contributed by atoms with E-state index in [-0.39, 0.29) is 0 Å². The van der Waals surface area contributed by atoms with E-state index >= 15 is 0 Å². The minimum atomic E-state index is -1.21. The maximum atomic E-state index is 5.60. The molecule has 0 N–H and O–H groups in total. The van der Waals surface area contributed by atoms with Crippen LogP contribution in [0.4, 0.5) is 0 Å². The van der Waals surface area contributed by atoms with Crippen molar-refractivity contribution in [3.8, 4) is 0 Å². The lowest BCUT2D eigenvalue weighted by Gasteiger charge is -2.05. The zero-order chi connectivity index (χ0) is 24.8. The van der Waals surface area contributed by atoms with Crippen LogP contribution in [0.1, 0.15) is 187 Å². The molecule has 0 aromatic rings. The molecule has 0 bridgehead atoms. The molecule has 34 heavy (non-hydrogen) atoms. The van der Waals surface area contributed by atoms with Crippen molar-refractivity contribution in [1.29, 1.82) is 0 Å². The van der Waals surface area contributed by atoms with Crippen LogP contribution in [0.15, 0.2) is 0 Å². The first-order valence-electron chi connectivity index (χ1n) is 15.5. The van der Waals surface area contributed by atoms with Crippen molar-refractivity contribution in [3.63, 3.8) is 0 Å². The Hall–Kier alpha value is 0.970. The fourth-order valence-corrected chi connectivity index (χ4v) is 5.59. The molecular formula is C30H61Cl2OP. The lowest BCUT2D eigenvalue weighted by Crippen LogP contribution is -1.87. The minimum absolute atomic E-state index is 0.720. The Morgan fingerprint density at radius 3 is 0.765 bits per heavy atom. The zero-order valence-electron chi connectivity index (χ0n) is 23.1. The molecule has 0 saturated heterocycles. The predicted molar refractivity (Wildman–Crippen MR) is 160 cm³/mol. The Labute approximate surface area is 226 Å². The van der Waals surface area contributed by atoms with Crippen molar-refractivity contribution in [2.24, 2.45) is 0 Å². The number of rotatable bonds is 30. The van der Waals surface area contributed by atoms with Gasteiger partial charge < -0.3 is 4.52 Å². The average Bonchev–Trinajstić information content (AvgIpc) is 2.83. The molecular weight excluding hydrogens is 478 g/mol. The monoisotopic (exact) mass is 538 g/mol. The van der Waals surface area contributed by atoms with Gasteiger partial charge in [-0.2, -0.15) is 0 Å². The van der Waals surface area contributed by atoms with Crippen LogP contribution in [0.3, 0.4) is 0 Å². The lowest BCUT2D eigenvalue weighted by molar-refractivity contribution is 0.347. The van der Waals surface area contributed by atoms with Gasteiger partial charge in [0.1, 0.15) is 0 Å². The van der Waals surface area contributed by atoms with Crippen molar-refractivity contribution in [2.75, 3.05) is 6.61 Å². The summed E-state index contributed by atoms with van der Waals surface area (Å²) in [6.07, 6.45) is 40.1. The highest BCUT2D eigenvalue weighted by Crippen LogP contribution is 2.47. The van der Waals surface area contributed by atoms with Crippen LogP contribution in [0.25, 0.3) is 0 Å². The molecule has 0 heterocycles. The fraction of sp³-hybridized carbons (Fsp3) is 1.00. The van der Waals surface area contributed by atoms with Gasteiger partial charge in [0.2, 0.25) is 6.85 Å². The molecule has 1 nitrogen and oxygen atoms in total. The second-order valence-corrected chi connectivity index (χ2v) is 13.6. The third-order valence-corrected chi connectivity index (χ3v) is 8.15. The number of halogens is 2. The summed E-state index contributed by atoms with van der Waals surface area (Å²) < 4.78 is 5.20. The molecule has 0 aromatic heterocycles. The second kappa shape index (κ2) is 32.0. The molecule has 4 heteroatoms. The zero-order valence-corrected chi connectivity index (χ0v) is 25.5. The summed E-state index contributed by atoms with van der Waals surface area (Å²) in [7, 11) is 0. The van der Waals surface area contributed by atoms with Gasteiger partial charge in [-0.25, -0.2) is 0 Å². The van der Waals surface area contributed by atoms with E-state index in [1.54, 1.807) is 0 Å². The molecule has 0 saturated carbocycles. The first kappa shape index (κ1) is 35.0. The highest BCUT2D eigenvalue weighted by atomic mass is 35.9. The van der Waals surface area contributed by atoms with Crippen LogP contribution in [0.5, 0.6) is 0 Å². The molecule has 0 amide bonds. The smallest absolute Gasteiger partial charge is 0.225 e. The van der Waals surface area contributed by atoms with Gasteiger partial charge in [0.05, 0.1) is 6.61 Å². The Bertz CT molecular complexity index is 355. The van der Waals surface area contributed by atoms with Gasteiger partial charge >= 0.3 is 0 Å². The Morgan fingerprint density at radius 1 is 0.353 bits per heavy atom. The molecule has 0 fully saturated rings. The van der Waals surface area contributed by atoms with Gasteiger partial charge in [-0.05, 0) is 28.9 Å². The van der Waals surface area contributed by atoms with Gasteiger partial charge in [-0.3, -0.25) is 0 Å². The third-order valence-electron chi connectivity index (χ3n) is 7.19. The maximum absolute atomic E-state index is 5.60. The molecule has 0 aliphatic heterocycles. The lowest BCUT2D eigenvalue weighted by atomic mass is 10.0. The van der Waals surface area contributed by atoms with Crippen LogP contribution < -0.4 is 0 Å². The van der Waals surface area contributed by atoms with Gasteiger partial charge in [0.15, 0.2) is 0 Å². The van der Waals surface area contributed by atoms with Crippen molar-refractivity contribution in [1.82, 2.24) is 0 Å². The van der Waals surface area contributed by atoms with Gasteiger partial charge in [-0.15, -0.1) is 0 Å². The van der Waals surface area contributed by atoms with E-state index in [0.29, 0.717) is 0 Å². The molecule has 0 spiro atoms. The summed E-state index contributed by atoms with van der Waals surface area (Å²) in [6, 6.07) is 0. The van der Waals surface area contributed by atoms with Crippen molar-refractivity contribution in [3.05, 3.63) is 0 Å². The van der Waals surface area contributed by atoms with Crippen LogP contribution >= 0.6 is 29.3 Å². The van der Waals surface area contributed by atoms with E-state index in [1.165, 1.54) is 173 Å². The largest absolute Gasteiger partial charge is 0.332 e. The molecule has 0 unspecified atom stereocenters. The Kier molecular flexibility index (Phi) is 32.9. The van der Waals surface area contributed by atoms with Crippen molar-refractivity contribution >= 4 is 29.3 Å². The van der Waals surface area contributed by atoms with Gasteiger partial charge in [0, 0.05) is 0 Å². The maximum Gasteiger partial charge on any atom is 0.225 e. The van der Waals surface area contributed by atoms with Crippen LogP contribution in [0, 0.1) is 0 Å². The summed E-state index contributed by atoms with van der Waals surface area (Å²) in [5, 5.41) is 0. The summed E-state index contributed by atoms with van der Waals surface area (Å²) in [5.41, 5.74) is 0. The predicted octanol–water partition coefficient (Wildman–Crippen LogP) is 13.7. The molecule has 0 aliphatic rings. The standard InChI is InChI=1S/C30H61Cl2OP/c1-2-3-4-5-6-7-8-9-10-11-12-13-14-15-16-17-18-19-20-21-22-23-24-25-26-27-28-29-30-33-34(31)32/h2-30H2,1H3. The number of hydrogen-bond donors (Lipinski definition) is 0. The SMILES string of the molecule is CCCCCCCCCCCCCCCCCCCCCCCCCCCCCCOP(Cl)Cl. The van der Waals surface area contributed by atoms with Crippen LogP contribution in [0.2, 0.25) is 0 Å². The van der Waals surface area contributed by atoms with Gasteiger partial charge in [0.25, 0.3) is 0 Å². The van der Waals surface area contributed by atoms with E-state index < -0.39 is 6.85 Å². The third kappa shape index (κ3) is 33.0. The first-order valence-corrected chi connectivity index (χ1v) is 18.6. The van der Waals surface area contributed by atoms with E-state index in [4.69, 9.17) is 27.0 Å². The van der Waals surface area contributed by atoms with E-state index in [0.717, 1.165) is 13.0 Å². The number of unbranched alkanes of at least 4 members (excludes halogenated alkanes) is 27. The van der Waals surface area contributed by atoms with E-state index in [1.807, 2.05) is 0 Å².